The molecule has 4 fully saturated rings. The highest BCUT2D eigenvalue weighted by atomic mass is 16.5. The van der Waals surface area contributed by atoms with Crippen LogP contribution in [0.1, 0.15) is 69.4 Å². The van der Waals surface area contributed by atoms with Gasteiger partial charge in [-0.25, -0.2) is 0 Å². The van der Waals surface area contributed by atoms with E-state index < -0.39 is 0 Å². The number of piperazine rings is 1. The van der Waals surface area contributed by atoms with E-state index in [2.05, 4.69) is 48.3 Å². The summed E-state index contributed by atoms with van der Waals surface area (Å²) in [6.07, 6.45) is 11.8. The van der Waals surface area contributed by atoms with Crippen LogP contribution >= 0.6 is 0 Å². The van der Waals surface area contributed by atoms with Crippen LogP contribution in [-0.4, -0.2) is 75.5 Å². The molecule has 6 atom stereocenters. The standard InChI is InChI=1S/C37H40N6O2/c1-21-9-12-37(11-4-13-43(21)14-10-30(37)43)20-45-36-40-34-29(35(41-36)42-18-24-7-8-25(19-42)39-24)17-38-33-28-16-26(44)15-23-5-3-6-27(32(23)28)22(2)31(33)34/h3,5-6,10,15-17,21-22,24-25,39H,4,7-9,11-14,18-20H2,1-2H3/p+1/t21?,22?,24?,25?,37-,43?/m1/s1. The van der Waals surface area contributed by atoms with Gasteiger partial charge in [-0.2, -0.15) is 9.97 Å². The summed E-state index contributed by atoms with van der Waals surface area (Å²) in [5, 5.41) is 17.7. The van der Waals surface area contributed by atoms with Crippen LogP contribution in [0.3, 0.4) is 0 Å². The second-order valence-electron chi connectivity index (χ2n) is 14.9. The third-order valence-electron chi connectivity index (χ3n) is 12.6. The molecule has 0 amide bonds. The zero-order chi connectivity index (χ0) is 30.1. The summed E-state index contributed by atoms with van der Waals surface area (Å²) in [5.41, 5.74) is 6.86. The number of hydrogen-bond acceptors (Lipinski definition) is 7. The average molecular weight is 602 g/mol. The van der Waals surface area contributed by atoms with Crippen LogP contribution in [-0.2, 0) is 0 Å². The van der Waals surface area contributed by atoms with Crippen molar-refractivity contribution < 1.29 is 14.3 Å². The number of anilines is 1. The molecule has 0 spiro atoms. The third kappa shape index (κ3) is 3.58. The minimum Gasteiger partial charge on any atom is -0.508 e. The molecule has 5 unspecified atom stereocenters. The lowest BCUT2D eigenvalue weighted by molar-refractivity contribution is -0.942. The summed E-state index contributed by atoms with van der Waals surface area (Å²) < 4.78 is 8.00. The number of rotatable bonds is 4. The van der Waals surface area contributed by atoms with Crippen LogP contribution in [0.4, 0.5) is 5.82 Å². The second kappa shape index (κ2) is 9.17. The molecular weight excluding hydrogens is 560 g/mol. The lowest BCUT2D eigenvalue weighted by atomic mass is 9.65. The Morgan fingerprint density at radius 1 is 1.09 bits per heavy atom. The van der Waals surface area contributed by atoms with Gasteiger partial charge in [0.05, 0.1) is 34.6 Å². The number of quaternary nitrogens is 1. The number of nitrogens with zero attached hydrogens (tertiary/aromatic N) is 5. The summed E-state index contributed by atoms with van der Waals surface area (Å²) >= 11 is 0. The Bertz CT molecular complexity index is 1950. The lowest BCUT2D eigenvalue weighted by Gasteiger charge is -2.61. The summed E-state index contributed by atoms with van der Waals surface area (Å²) in [4.78, 5) is 18.0. The predicted octanol–water partition coefficient (Wildman–Crippen LogP) is 6.01. The van der Waals surface area contributed by atoms with Gasteiger partial charge in [0.15, 0.2) is 0 Å². The summed E-state index contributed by atoms with van der Waals surface area (Å²) in [6.45, 7) is 9.67. The summed E-state index contributed by atoms with van der Waals surface area (Å²) in [7, 11) is 0. The van der Waals surface area contributed by atoms with Gasteiger partial charge in [-0.3, -0.25) is 9.47 Å². The zero-order valence-electron chi connectivity index (χ0n) is 26.2. The van der Waals surface area contributed by atoms with Crippen LogP contribution in [0, 0.1) is 5.41 Å². The second-order valence-corrected chi connectivity index (χ2v) is 14.9. The van der Waals surface area contributed by atoms with Crippen LogP contribution < -0.4 is 15.0 Å². The van der Waals surface area contributed by atoms with Gasteiger partial charge in [-0.1, -0.05) is 25.1 Å². The van der Waals surface area contributed by atoms with Crippen molar-refractivity contribution in [2.75, 3.05) is 37.7 Å². The van der Waals surface area contributed by atoms with E-state index in [0.29, 0.717) is 30.7 Å². The van der Waals surface area contributed by atoms with E-state index in [1.54, 1.807) is 5.70 Å². The number of fused-ring (bicyclic) bond motifs is 6. The molecule has 7 heterocycles. The molecule has 5 aliphatic heterocycles. The molecule has 45 heavy (non-hydrogen) atoms. The van der Waals surface area contributed by atoms with Crippen molar-refractivity contribution in [1.29, 1.82) is 0 Å². The maximum absolute atomic E-state index is 10.7. The molecule has 4 saturated heterocycles. The van der Waals surface area contributed by atoms with Crippen molar-refractivity contribution in [1.82, 2.24) is 20.3 Å². The van der Waals surface area contributed by atoms with E-state index in [1.165, 1.54) is 67.0 Å². The van der Waals surface area contributed by atoms with Gasteiger partial charge in [0, 0.05) is 60.9 Å². The first-order valence-corrected chi connectivity index (χ1v) is 17.1. The van der Waals surface area contributed by atoms with Crippen molar-refractivity contribution in [3.05, 3.63) is 59.4 Å². The number of phenolic OH excluding ortho intramolecular Hbond substituents is 1. The Hall–Kier alpha value is -3.75. The molecule has 0 radical (unpaired) electrons. The van der Waals surface area contributed by atoms with Crippen molar-refractivity contribution >= 4 is 27.5 Å². The fourth-order valence-corrected chi connectivity index (χ4v) is 10.3. The van der Waals surface area contributed by atoms with Crippen LogP contribution in [0.15, 0.2) is 48.3 Å². The Morgan fingerprint density at radius 2 is 1.96 bits per heavy atom. The van der Waals surface area contributed by atoms with Gasteiger partial charge in [0.2, 0.25) is 0 Å². The smallest absolute Gasteiger partial charge is 0.318 e. The van der Waals surface area contributed by atoms with E-state index in [-0.39, 0.29) is 17.1 Å². The van der Waals surface area contributed by atoms with Crippen LogP contribution in [0.2, 0.25) is 0 Å². The average Bonchev–Trinajstić information content (AvgIpc) is 3.37. The number of ether oxygens (including phenoxy) is 1. The summed E-state index contributed by atoms with van der Waals surface area (Å²) in [6, 6.07) is 12.3. The number of pyridine rings is 1. The molecule has 8 nitrogen and oxygen atoms in total. The fourth-order valence-electron chi connectivity index (χ4n) is 10.3. The van der Waals surface area contributed by atoms with E-state index in [4.69, 9.17) is 19.7 Å². The number of aromatic nitrogens is 3. The molecule has 4 aromatic rings. The van der Waals surface area contributed by atoms with Crippen LogP contribution in [0.25, 0.3) is 32.9 Å². The molecule has 2 aromatic heterocycles. The third-order valence-corrected chi connectivity index (χ3v) is 12.6. The minimum absolute atomic E-state index is 0.0848. The van der Waals surface area contributed by atoms with Gasteiger partial charge in [-0.15, -0.1) is 0 Å². The highest BCUT2D eigenvalue weighted by Crippen LogP contribution is 2.56. The monoisotopic (exact) mass is 601 g/mol. The van der Waals surface area contributed by atoms with Gasteiger partial charge in [-0.05, 0) is 67.5 Å². The molecule has 2 N–H and O–H groups in total. The molecule has 6 aliphatic rings. The molecule has 1 aliphatic carbocycles. The van der Waals surface area contributed by atoms with Crippen LogP contribution in [0.5, 0.6) is 11.8 Å². The van der Waals surface area contributed by atoms with Crippen molar-refractivity contribution in [2.45, 2.75) is 76.4 Å². The Labute approximate surface area is 263 Å². The van der Waals surface area contributed by atoms with Gasteiger partial charge >= 0.3 is 6.01 Å². The van der Waals surface area contributed by atoms with E-state index >= 15 is 0 Å². The Balaban J connectivity index is 1.13. The number of piperidine rings is 2. The Kier molecular flexibility index (Phi) is 5.39. The first-order valence-electron chi connectivity index (χ1n) is 17.1. The normalized spacial score (nSPS) is 32.6. The number of phenols is 1. The number of aromatic hydroxyl groups is 1. The van der Waals surface area contributed by atoms with Crippen molar-refractivity contribution in [3.63, 3.8) is 0 Å². The quantitative estimate of drug-likeness (QED) is 0.277. The van der Waals surface area contributed by atoms with Crippen molar-refractivity contribution in [3.8, 4) is 23.0 Å². The first kappa shape index (κ1) is 26.5. The van der Waals surface area contributed by atoms with Gasteiger partial charge in [0.25, 0.3) is 0 Å². The first-order chi connectivity index (χ1) is 21.9. The van der Waals surface area contributed by atoms with E-state index in [9.17, 15) is 5.11 Å². The van der Waals surface area contributed by atoms with Gasteiger partial charge < -0.3 is 20.1 Å². The maximum atomic E-state index is 10.7. The number of hydrogen-bond donors (Lipinski definition) is 2. The fraction of sp³-hybridized carbons (Fsp3) is 0.486. The Morgan fingerprint density at radius 3 is 2.78 bits per heavy atom. The molecule has 10 rings (SSSR count). The SMILES string of the molecule is CC1c2c(ncc3c(N4CC5CCC(C4)N5)nc(OC[C@]45CCC[N+]6(CC=C46)C(C)CC5)nc23)-c2cc(O)cc3cccc1c23. The number of benzene rings is 2. The lowest BCUT2D eigenvalue weighted by Crippen LogP contribution is -2.68. The highest BCUT2D eigenvalue weighted by molar-refractivity contribution is 6.06. The predicted molar refractivity (Wildman–Crippen MR) is 176 cm³/mol. The molecular formula is C37H41N6O2+. The van der Waals surface area contributed by atoms with Crippen molar-refractivity contribution in [2.24, 2.45) is 5.41 Å². The van der Waals surface area contributed by atoms with Gasteiger partial charge in [0.1, 0.15) is 30.4 Å². The molecule has 8 heteroatoms. The van der Waals surface area contributed by atoms with E-state index in [0.717, 1.165) is 52.0 Å². The molecule has 4 bridgehead atoms. The molecule has 0 saturated carbocycles. The zero-order valence-corrected chi connectivity index (χ0v) is 26.2. The maximum Gasteiger partial charge on any atom is 0.318 e. The topological polar surface area (TPSA) is 83.4 Å². The number of nitrogens with one attached hydrogen (secondary N) is 1. The summed E-state index contributed by atoms with van der Waals surface area (Å²) in [5.74, 6) is 1.29. The van der Waals surface area contributed by atoms with E-state index in [1.807, 2.05) is 18.3 Å². The largest absolute Gasteiger partial charge is 0.508 e. The molecule has 230 valence electrons. The molecule has 2 aromatic carbocycles. The minimum atomic E-state index is 0.0848. The highest BCUT2D eigenvalue weighted by Gasteiger charge is 2.60.